The first-order valence-electron chi connectivity index (χ1n) is 6.97. The molecule has 1 fully saturated rings. The molecule has 0 bridgehead atoms. The van der Waals surface area contributed by atoms with Crippen molar-refractivity contribution in [3.63, 3.8) is 0 Å². The highest BCUT2D eigenvalue weighted by Crippen LogP contribution is 2.32. The van der Waals surface area contributed by atoms with Crippen molar-refractivity contribution in [2.24, 2.45) is 5.92 Å². The van der Waals surface area contributed by atoms with Crippen LogP contribution in [0.1, 0.15) is 24.1 Å². The third-order valence-corrected chi connectivity index (χ3v) is 3.74. The van der Waals surface area contributed by atoms with Gasteiger partial charge in [-0.25, -0.2) is 0 Å². The van der Waals surface area contributed by atoms with Gasteiger partial charge in [0.1, 0.15) is 0 Å². The Labute approximate surface area is 113 Å². The van der Waals surface area contributed by atoms with Crippen LogP contribution in [0, 0.1) is 12.8 Å². The predicted molar refractivity (Wildman–Crippen MR) is 76.9 cm³/mol. The molecule has 1 heterocycles. The molecule has 100 valence electrons. The van der Waals surface area contributed by atoms with Crippen LogP contribution >= 0.6 is 0 Å². The van der Waals surface area contributed by atoms with Crippen LogP contribution in [0.15, 0.2) is 30.3 Å². The summed E-state index contributed by atoms with van der Waals surface area (Å²) in [5, 5.41) is 14.3. The number of aryl methyl sites for hydroxylation is 1. The first-order chi connectivity index (χ1) is 9.22. The molecule has 2 aromatic rings. The lowest BCUT2D eigenvalue weighted by Crippen LogP contribution is -2.27. The summed E-state index contributed by atoms with van der Waals surface area (Å²) in [6.07, 6.45) is 2.19. The first kappa shape index (κ1) is 12.6. The van der Waals surface area contributed by atoms with E-state index in [4.69, 9.17) is 0 Å². The van der Waals surface area contributed by atoms with Crippen LogP contribution in [0.4, 0.5) is 0 Å². The molecule has 0 saturated heterocycles. The summed E-state index contributed by atoms with van der Waals surface area (Å²) in [6, 6.07) is 10.5. The topological polar surface area (TPSA) is 45.1 Å². The number of hydrogen-bond donors (Lipinski definition) is 2. The number of benzene rings is 1. The number of pyridine rings is 1. The van der Waals surface area contributed by atoms with Gasteiger partial charge < -0.3 is 10.4 Å². The number of hydrogen-bond acceptors (Lipinski definition) is 3. The molecule has 0 radical (unpaired) electrons. The molecule has 0 aliphatic heterocycles. The van der Waals surface area contributed by atoms with Crippen LogP contribution in [-0.4, -0.2) is 22.7 Å². The number of rotatable bonds is 5. The zero-order valence-corrected chi connectivity index (χ0v) is 11.3. The van der Waals surface area contributed by atoms with E-state index in [1.807, 2.05) is 13.0 Å². The van der Waals surface area contributed by atoms with Crippen molar-refractivity contribution >= 4 is 10.9 Å². The van der Waals surface area contributed by atoms with Crippen molar-refractivity contribution in [1.82, 2.24) is 10.3 Å². The van der Waals surface area contributed by atoms with Crippen molar-refractivity contribution in [2.75, 3.05) is 6.54 Å². The van der Waals surface area contributed by atoms with Gasteiger partial charge in [-0.15, -0.1) is 0 Å². The Morgan fingerprint density at radius 3 is 2.95 bits per heavy atom. The molecule has 3 rings (SSSR count). The lowest BCUT2D eigenvalue weighted by molar-refractivity contribution is 0.148. The van der Waals surface area contributed by atoms with Crippen molar-refractivity contribution in [1.29, 1.82) is 0 Å². The van der Waals surface area contributed by atoms with Crippen LogP contribution in [0.3, 0.4) is 0 Å². The fraction of sp³-hybridized carbons (Fsp3) is 0.438. The Morgan fingerprint density at radius 1 is 1.32 bits per heavy atom. The summed E-state index contributed by atoms with van der Waals surface area (Å²) in [5.74, 6) is 0.538. The minimum atomic E-state index is -0.176. The molecule has 1 unspecified atom stereocenters. The van der Waals surface area contributed by atoms with Gasteiger partial charge in [-0.3, -0.25) is 4.98 Å². The van der Waals surface area contributed by atoms with Crippen LogP contribution < -0.4 is 5.32 Å². The van der Waals surface area contributed by atoms with E-state index in [0.29, 0.717) is 12.5 Å². The van der Waals surface area contributed by atoms with Gasteiger partial charge in [0.05, 0.1) is 11.6 Å². The molecule has 1 saturated carbocycles. The molecular formula is C16H20N2O. The summed E-state index contributed by atoms with van der Waals surface area (Å²) in [6.45, 7) is 3.50. The molecule has 0 spiro atoms. The highest BCUT2D eigenvalue weighted by atomic mass is 16.3. The van der Waals surface area contributed by atoms with E-state index in [2.05, 4.69) is 34.6 Å². The van der Waals surface area contributed by atoms with E-state index in [0.717, 1.165) is 17.8 Å². The molecule has 0 amide bonds. The zero-order chi connectivity index (χ0) is 13.2. The lowest BCUT2D eigenvalue weighted by Gasteiger charge is -2.11. The summed E-state index contributed by atoms with van der Waals surface area (Å²) in [4.78, 5) is 4.50. The number of fused-ring (bicyclic) bond motifs is 1. The number of nitrogens with one attached hydrogen (secondary N) is 1. The molecule has 1 aromatic heterocycles. The van der Waals surface area contributed by atoms with Gasteiger partial charge in [0.15, 0.2) is 0 Å². The SMILES string of the molecule is Cc1ccc2cc(CNCC(O)C3CC3)ccc2n1. The molecule has 3 heteroatoms. The Morgan fingerprint density at radius 2 is 2.16 bits per heavy atom. The molecule has 19 heavy (non-hydrogen) atoms. The second-order valence-corrected chi connectivity index (χ2v) is 5.52. The average Bonchev–Trinajstić information content (AvgIpc) is 3.23. The van der Waals surface area contributed by atoms with E-state index < -0.39 is 0 Å². The maximum atomic E-state index is 9.80. The van der Waals surface area contributed by atoms with E-state index >= 15 is 0 Å². The maximum Gasteiger partial charge on any atom is 0.0705 e. The minimum Gasteiger partial charge on any atom is -0.392 e. The molecule has 2 N–H and O–H groups in total. The summed E-state index contributed by atoms with van der Waals surface area (Å²) >= 11 is 0. The Bertz CT molecular complexity index is 578. The fourth-order valence-corrected chi connectivity index (χ4v) is 2.40. The standard InChI is InChI=1S/C16H20N2O/c1-11-2-4-14-8-12(3-7-15(14)18-11)9-17-10-16(19)13-5-6-13/h2-4,7-8,13,16-17,19H,5-6,9-10H2,1H3. The lowest BCUT2D eigenvalue weighted by atomic mass is 10.1. The molecule has 1 aliphatic rings. The smallest absolute Gasteiger partial charge is 0.0705 e. The van der Waals surface area contributed by atoms with E-state index in [1.54, 1.807) is 0 Å². The molecule has 1 atom stereocenters. The third kappa shape index (κ3) is 3.11. The highest BCUT2D eigenvalue weighted by Gasteiger charge is 2.28. The minimum absolute atomic E-state index is 0.176. The Hall–Kier alpha value is -1.45. The van der Waals surface area contributed by atoms with Gasteiger partial charge >= 0.3 is 0 Å². The molecule has 1 aromatic carbocycles. The molecular weight excluding hydrogens is 236 g/mol. The second-order valence-electron chi connectivity index (χ2n) is 5.52. The summed E-state index contributed by atoms with van der Waals surface area (Å²) in [5.41, 5.74) is 3.33. The quantitative estimate of drug-likeness (QED) is 0.863. The molecule has 3 nitrogen and oxygen atoms in total. The zero-order valence-electron chi connectivity index (χ0n) is 11.3. The van der Waals surface area contributed by atoms with Gasteiger partial charge in [-0.05, 0) is 49.4 Å². The van der Waals surface area contributed by atoms with Crippen LogP contribution in [0.25, 0.3) is 10.9 Å². The largest absolute Gasteiger partial charge is 0.392 e. The predicted octanol–water partition coefficient (Wildman–Crippen LogP) is 2.40. The van der Waals surface area contributed by atoms with Gasteiger partial charge in [-0.2, -0.15) is 0 Å². The average molecular weight is 256 g/mol. The summed E-state index contributed by atoms with van der Waals surface area (Å²) < 4.78 is 0. The monoisotopic (exact) mass is 256 g/mol. The number of aliphatic hydroxyl groups excluding tert-OH is 1. The number of aromatic nitrogens is 1. The second kappa shape index (κ2) is 5.27. The number of aliphatic hydroxyl groups is 1. The van der Waals surface area contributed by atoms with Gasteiger partial charge in [-0.1, -0.05) is 12.1 Å². The third-order valence-electron chi connectivity index (χ3n) is 3.74. The van der Waals surface area contributed by atoms with Crippen molar-refractivity contribution in [2.45, 2.75) is 32.4 Å². The van der Waals surface area contributed by atoms with E-state index in [9.17, 15) is 5.11 Å². The van der Waals surface area contributed by atoms with Crippen LogP contribution in [-0.2, 0) is 6.54 Å². The van der Waals surface area contributed by atoms with Crippen molar-refractivity contribution < 1.29 is 5.11 Å². The van der Waals surface area contributed by atoms with E-state index in [1.165, 1.54) is 23.8 Å². The van der Waals surface area contributed by atoms with Crippen molar-refractivity contribution in [3.8, 4) is 0 Å². The van der Waals surface area contributed by atoms with Gasteiger partial charge in [0.25, 0.3) is 0 Å². The fourth-order valence-electron chi connectivity index (χ4n) is 2.40. The molecule has 1 aliphatic carbocycles. The van der Waals surface area contributed by atoms with Crippen molar-refractivity contribution in [3.05, 3.63) is 41.6 Å². The van der Waals surface area contributed by atoms with Gasteiger partial charge in [0.2, 0.25) is 0 Å². The normalized spacial score (nSPS) is 16.7. The van der Waals surface area contributed by atoms with E-state index in [-0.39, 0.29) is 6.10 Å². The Balaban J connectivity index is 1.62. The van der Waals surface area contributed by atoms with Crippen LogP contribution in [0.2, 0.25) is 0 Å². The highest BCUT2D eigenvalue weighted by molar-refractivity contribution is 5.79. The maximum absolute atomic E-state index is 9.80. The number of nitrogens with zero attached hydrogens (tertiary/aromatic N) is 1. The van der Waals surface area contributed by atoms with Gasteiger partial charge in [0, 0.05) is 24.2 Å². The van der Waals surface area contributed by atoms with Crippen LogP contribution in [0.5, 0.6) is 0 Å². The Kier molecular flexibility index (Phi) is 3.49. The summed E-state index contributed by atoms with van der Waals surface area (Å²) in [7, 11) is 0. The first-order valence-corrected chi connectivity index (χ1v) is 6.97.